The van der Waals surface area contributed by atoms with Crippen molar-refractivity contribution in [3.8, 4) is 0 Å². The largest absolute Gasteiger partial charge is 0.391 e. The van der Waals surface area contributed by atoms with Crippen LogP contribution in [0.4, 0.5) is 0 Å². The van der Waals surface area contributed by atoms with Gasteiger partial charge >= 0.3 is 0 Å². The molecule has 1 aliphatic carbocycles. The molecular weight excluding hydrogens is 346 g/mol. The molecule has 2 saturated heterocycles. The number of sulfonamides is 1. The van der Waals surface area contributed by atoms with Crippen molar-refractivity contribution in [1.29, 1.82) is 0 Å². The standard InChI is InChI=1S/C17H23NO4S2/c1-11-4-6-13(7-5-11)24(21,22)18-16(2)10-23-17(3)14(19)8-12(16)9-15(17)20/h4-7,12,14,18-19H,8-10H2,1-3H3/t12-,14-,16-,17+/m1/s1. The SMILES string of the molecule is Cc1ccc(S(=O)(=O)N[C@]2(C)CS[C@]3(C)C(=O)C[C@H]2C[C@H]3O)cc1. The predicted molar refractivity (Wildman–Crippen MR) is 94.5 cm³/mol. The van der Waals surface area contributed by atoms with Crippen molar-refractivity contribution >= 4 is 27.6 Å². The number of hydrogen-bond acceptors (Lipinski definition) is 5. The summed E-state index contributed by atoms with van der Waals surface area (Å²) >= 11 is 1.36. The van der Waals surface area contributed by atoms with Gasteiger partial charge in [-0.25, -0.2) is 13.1 Å². The fourth-order valence-electron chi connectivity index (χ4n) is 3.47. The number of aryl methyl sites for hydroxylation is 1. The van der Waals surface area contributed by atoms with E-state index in [0.717, 1.165) is 5.56 Å². The minimum absolute atomic E-state index is 0.00880. The Morgan fingerprint density at radius 1 is 1.25 bits per heavy atom. The molecule has 0 radical (unpaired) electrons. The molecule has 0 spiro atoms. The molecule has 0 aromatic heterocycles. The summed E-state index contributed by atoms with van der Waals surface area (Å²) in [7, 11) is -3.69. The van der Waals surface area contributed by atoms with Crippen LogP contribution in [0.1, 0.15) is 32.3 Å². The van der Waals surface area contributed by atoms with Crippen molar-refractivity contribution < 1.29 is 18.3 Å². The van der Waals surface area contributed by atoms with Crippen molar-refractivity contribution in [2.75, 3.05) is 5.75 Å². The third kappa shape index (κ3) is 2.92. The maximum atomic E-state index is 12.8. The van der Waals surface area contributed by atoms with E-state index in [9.17, 15) is 18.3 Å². The number of hydrogen-bond donors (Lipinski definition) is 2. The van der Waals surface area contributed by atoms with E-state index >= 15 is 0 Å². The second-order valence-corrected chi connectivity index (χ2v) is 10.4. The van der Waals surface area contributed by atoms with Crippen LogP contribution < -0.4 is 4.72 Å². The molecule has 4 rings (SSSR count). The van der Waals surface area contributed by atoms with Crippen LogP contribution in [0.25, 0.3) is 0 Å². The molecule has 2 N–H and O–H groups in total. The van der Waals surface area contributed by atoms with E-state index in [4.69, 9.17) is 0 Å². The van der Waals surface area contributed by atoms with Gasteiger partial charge in [-0.3, -0.25) is 4.79 Å². The lowest BCUT2D eigenvalue weighted by atomic mass is 9.72. The van der Waals surface area contributed by atoms with E-state index in [1.54, 1.807) is 31.2 Å². The molecule has 7 heteroatoms. The van der Waals surface area contributed by atoms with E-state index in [1.807, 2.05) is 13.8 Å². The van der Waals surface area contributed by atoms with Crippen LogP contribution >= 0.6 is 11.8 Å². The minimum Gasteiger partial charge on any atom is -0.391 e. The smallest absolute Gasteiger partial charge is 0.241 e. The van der Waals surface area contributed by atoms with Gasteiger partial charge in [0.05, 0.1) is 15.7 Å². The number of ketones is 1. The van der Waals surface area contributed by atoms with Crippen LogP contribution in [0, 0.1) is 12.8 Å². The van der Waals surface area contributed by atoms with E-state index in [1.165, 1.54) is 11.8 Å². The zero-order chi connectivity index (χ0) is 17.8. The van der Waals surface area contributed by atoms with E-state index < -0.39 is 26.4 Å². The van der Waals surface area contributed by atoms with Gasteiger partial charge in [-0.15, -0.1) is 11.8 Å². The van der Waals surface area contributed by atoms with Crippen molar-refractivity contribution in [1.82, 2.24) is 4.72 Å². The highest BCUT2D eigenvalue weighted by molar-refractivity contribution is 8.01. The first kappa shape index (κ1) is 17.9. The number of benzene rings is 1. The summed E-state index contributed by atoms with van der Waals surface area (Å²) in [5.41, 5.74) is 0.227. The lowest BCUT2D eigenvalue weighted by Crippen LogP contribution is -2.55. The van der Waals surface area contributed by atoms with Crippen molar-refractivity contribution in [2.24, 2.45) is 5.92 Å². The van der Waals surface area contributed by atoms with Crippen molar-refractivity contribution in [3.05, 3.63) is 29.8 Å². The molecule has 1 aromatic carbocycles. The van der Waals surface area contributed by atoms with Gasteiger partial charge in [-0.05, 0) is 45.2 Å². The Balaban J connectivity index is 1.91. The molecule has 0 amide bonds. The number of Topliss-reactive ketones (excluding diaryl/α,β-unsaturated/α-hetero) is 1. The number of carbonyl (C=O) groups is 1. The molecule has 24 heavy (non-hydrogen) atoms. The molecule has 132 valence electrons. The molecule has 0 unspecified atom stereocenters. The summed E-state index contributed by atoms with van der Waals surface area (Å²) in [5.74, 6) is 0.264. The predicted octanol–water partition coefficient (Wildman–Crippen LogP) is 1.88. The molecule has 5 nitrogen and oxygen atoms in total. The van der Waals surface area contributed by atoms with Crippen molar-refractivity contribution in [3.63, 3.8) is 0 Å². The molecule has 4 atom stereocenters. The zero-order valence-electron chi connectivity index (χ0n) is 14.1. The van der Waals surface area contributed by atoms with Crippen molar-refractivity contribution in [2.45, 2.75) is 54.9 Å². The van der Waals surface area contributed by atoms with Crippen LogP contribution in [0.3, 0.4) is 0 Å². The quantitative estimate of drug-likeness (QED) is 0.850. The molecule has 1 saturated carbocycles. The lowest BCUT2D eigenvalue weighted by molar-refractivity contribution is -0.128. The molecule has 2 heterocycles. The fraction of sp³-hybridized carbons (Fsp3) is 0.588. The summed E-state index contributed by atoms with van der Waals surface area (Å²) in [4.78, 5) is 12.6. The summed E-state index contributed by atoms with van der Waals surface area (Å²) in [5, 5.41) is 10.4. The van der Waals surface area contributed by atoms with Gasteiger partial charge < -0.3 is 5.11 Å². The lowest BCUT2D eigenvalue weighted by Gasteiger charge is -2.39. The Hall–Kier alpha value is -0.890. The summed E-state index contributed by atoms with van der Waals surface area (Å²) in [6, 6.07) is 6.70. The van der Waals surface area contributed by atoms with Crippen LogP contribution in [-0.2, 0) is 14.8 Å². The van der Waals surface area contributed by atoms with Gasteiger partial charge in [0, 0.05) is 17.7 Å². The number of fused-ring (bicyclic) bond motifs is 4. The number of aliphatic hydroxyl groups is 1. The summed E-state index contributed by atoms with van der Waals surface area (Å²) in [6.45, 7) is 5.51. The Bertz CT molecular complexity index is 761. The summed E-state index contributed by atoms with van der Waals surface area (Å²) in [6.07, 6.45) is -0.00484. The normalized spacial score (nSPS) is 36.6. The van der Waals surface area contributed by atoms with Gasteiger partial charge in [0.15, 0.2) is 5.78 Å². The summed E-state index contributed by atoms with van der Waals surface area (Å²) < 4.78 is 27.6. The van der Waals surface area contributed by atoms with Gasteiger partial charge in [0.1, 0.15) is 0 Å². The maximum absolute atomic E-state index is 12.8. The monoisotopic (exact) mass is 369 g/mol. The highest BCUT2D eigenvalue weighted by Crippen LogP contribution is 2.49. The van der Waals surface area contributed by atoms with Crippen LogP contribution in [0.15, 0.2) is 29.2 Å². The Labute approximate surface area is 147 Å². The van der Waals surface area contributed by atoms with Gasteiger partial charge in [-0.1, -0.05) is 17.7 Å². The molecule has 3 fully saturated rings. The number of carbonyl (C=O) groups excluding carboxylic acids is 1. The average Bonchev–Trinajstić information content (AvgIpc) is 2.64. The van der Waals surface area contributed by atoms with E-state index in [0.29, 0.717) is 18.6 Å². The zero-order valence-corrected chi connectivity index (χ0v) is 15.7. The van der Waals surface area contributed by atoms with E-state index in [2.05, 4.69) is 4.72 Å². The number of thioether (sulfide) groups is 1. The fourth-order valence-corrected chi connectivity index (χ4v) is 6.46. The van der Waals surface area contributed by atoms with Crippen LogP contribution in [0.5, 0.6) is 0 Å². The highest BCUT2D eigenvalue weighted by Gasteiger charge is 2.55. The first-order chi connectivity index (χ1) is 11.1. The maximum Gasteiger partial charge on any atom is 0.241 e. The topological polar surface area (TPSA) is 83.5 Å². The number of aliphatic hydroxyl groups excluding tert-OH is 1. The second-order valence-electron chi connectivity index (χ2n) is 7.31. The van der Waals surface area contributed by atoms with Gasteiger partial charge in [0.2, 0.25) is 10.0 Å². The second kappa shape index (κ2) is 5.83. The molecule has 1 aromatic rings. The average molecular weight is 370 g/mol. The van der Waals surface area contributed by atoms with Crippen LogP contribution in [-0.4, -0.2) is 41.5 Å². The molecule has 3 aliphatic rings. The molecular formula is C17H23NO4S2. The minimum atomic E-state index is -3.69. The molecule has 2 aliphatic heterocycles. The number of nitrogens with one attached hydrogen (secondary N) is 1. The van der Waals surface area contributed by atoms with Crippen LogP contribution in [0.2, 0.25) is 0 Å². The third-order valence-electron chi connectivity index (χ3n) is 5.40. The first-order valence-corrected chi connectivity index (χ1v) is 10.5. The van der Waals surface area contributed by atoms with Gasteiger partial charge in [-0.2, -0.15) is 0 Å². The Morgan fingerprint density at radius 3 is 2.46 bits per heavy atom. The first-order valence-electron chi connectivity index (χ1n) is 8.03. The number of rotatable bonds is 3. The third-order valence-corrected chi connectivity index (χ3v) is 8.87. The highest BCUT2D eigenvalue weighted by atomic mass is 32.2. The Morgan fingerprint density at radius 2 is 1.88 bits per heavy atom. The Kier molecular flexibility index (Phi) is 4.35. The van der Waals surface area contributed by atoms with E-state index in [-0.39, 0.29) is 16.6 Å². The van der Waals surface area contributed by atoms with Gasteiger partial charge in [0.25, 0.3) is 0 Å². The molecule has 2 bridgehead atoms.